The van der Waals surface area contributed by atoms with Gasteiger partial charge in [0.2, 0.25) is 0 Å². The first-order valence-electron chi connectivity index (χ1n) is 4.65. The van der Waals surface area contributed by atoms with Gasteiger partial charge in [-0.3, -0.25) is 4.90 Å². The first-order chi connectivity index (χ1) is 5.77. The van der Waals surface area contributed by atoms with Crippen LogP contribution in [0.1, 0.15) is 13.3 Å². The van der Waals surface area contributed by atoms with Crippen molar-refractivity contribution in [3.8, 4) is 0 Å². The second-order valence-corrected chi connectivity index (χ2v) is 3.45. The second kappa shape index (κ2) is 4.58. The average molecular weight is 170 g/mol. The molecule has 3 heteroatoms. The van der Waals surface area contributed by atoms with Crippen molar-refractivity contribution < 1.29 is 4.79 Å². The van der Waals surface area contributed by atoms with Gasteiger partial charge in [0.25, 0.3) is 0 Å². The lowest BCUT2D eigenvalue weighted by Crippen LogP contribution is -2.49. The fraction of sp³-hybridized carbons (Fsp3) is 0.889. The summed E-state index contributed by atoms with van der Waals surface area (Å²) in [5, 5.41) is 0. The number of aldehydes is 1. The minimum atomic E-state index is 0.152. The minimum Gasteiger partial charge on any atom is -0.304 e. The number of hydrogen-bond acceptors (Lipinski definition) is 3. The molecule has 0 aliphatic carbocycles. The van der Waals surface area contributed by atoms with E-state index in [1.165, 1.54) is 0 Å². The molecular formula is C9H18N2O. The van der Waals surface area contributed by atoms with Crippen LogP contribution in [0, 0.1) is 0 Å². The molecule has 0 bridgehead atoms. The molecular weight excluding hydrogens is 152 g/mol. The number of likely N-dealkylation sites (N-methyl/N-ethyl adjacent to an activating group) is 1. The van der Waals surface area contributed by atoms with E-state index in [0.29, 0.717) is 0 Å². The van der Waals surface area contributed by atoms with Gasteiger partial charge in [0.15, 0.2) is 0 Å². The Labute approximate surface area is 74.3 Å². The van der Waals surface area contributed by atoms with Crippen molar-refractivity contribution >= 4 is 6.29 Å². The van der Waals surface area contributed by atoms with Gasteiger partial charge in [-0.05, 0) is 13.5 Å². The van der Waals surface area contributed by atoms with E-state index in [4.69, 9.17) is 0 Å². The van der Waals surface area contributed by atoms with Crippen molar-refractivity contribution in [3.63, 3.8) is 0 Å². The molecule has 0 aromatic rings. The molecule has 0 spiro atoms. The Hall–Kier alpha value is -0.410. The molecule has 12 heavy (non-hydrogen) atoms. The third-order valence-corrected chi connectivity index (χ3v) is 2.58. The maximum atomic E-state index is 10.7. The van der Waals surface area contributed by atoms with Gasteiger partial charge < -0.3 is 9.69 Å². The molecule has 0 N–H and O–H groups in total. The lowest BCUT2D eigenvalue weighted by atomic mass is 10.2. The van der Waals surface area contributed by atoms with Crippen LogP contribution in [0.5, 0.6) is 0 Å². The SMILES string of the molecule is CCC(C=O)N1CCN(C)CC1. The predicted molar refractivity (Wildman–Crippen MR) is 49.2 cm³/mol. The largest absolute Gasteiger partial charge is 0.304 e. The van der Waals surface area contributed by atoms with Crippen LogP contribution >= 0.6 is 0 Å². The molecule has 1 unspecified atom stereocenters. The summed E-state index contributed by atoms with van der Waals surface area (Å²) in [7, 11) is 2.12. The number of carbonyl (C=O) groups excluding carboxylic acids is 1. The van der Waals surface area contributed by atoms with Crippen molar-refractivity contribution in [2.45, 2.75) is 19.4 Å². The van der Waals surface area contributed by atoms with E-state index in [9.17, 15) is 4.79 Å². The van der Waals surface area contributed by atoms with Crippen molar-refractivity contribution in [3.05, 3.63) is 0 Å². The van der Waals surface area contributed by atoms with Crippen LogP contribution in [-0.2, 0) is 4.79 Å². The van der Waals surface area contributed by atoms with Crippen LogP contribution in [0.2, 0.25) is 0 Å². The standard InChI is InChI=1S/C9H18N2O/c1-3-9(8-12)11-6-4-10(2)5-7-11/h8-9H,3-7H2,1-2H3. The molecule has 0 aromatic carbocycles. The average Bonchev–Trinajstić information content (AvgIpc) is 2.10. The van der Waals surface area contributed by atoms with E-state index in [-0.39, 0.29) is 6.04 Å². The molecule has 0 radical (unpaired) electrons. The normalized spacial score (nSPS) is 23.8. The van der Waals surface area contributed by atoms with Crippen LogP contribution in [0.3, 0.4) is 0 Å². The van der Waals surface area contributed by atoms with Gasteiger partial charge in [-0.15, -0.1) is 0 Å². The monoisotopic (exact) mass is 170 g/mol. The highest BCUT2D eigenvalue weighted by Gasteiger charge is 2.19. The summed E-state index contributed by atoms with van der Waals surface area (Å²) in [4.78, 5) is 15.2. The summed E-state index contributed by atoms with van der Waals surface area (Å²) in [5.74, 6) is 0. The Morgan fingerprint density at radius 3 is 2.33 bits per heavy atom. The minimum absolute atomic E-state index is 0.152. The summed E-state index contributed by atoms with van der Waals surface area (Å²) < 4.78 is 0. The van der Waals surface area contributed by atoms with Crippen LogP contribution in [0.4, 0.5) is 0 Å². The highest BCUT2D eigenvalue weighted by molar-refractivity contribution is 5.57. The first kappa shape index (κ1) is 9.68. The topological polar surface area (TPSA) is 23.6 Å². The van der Waals surface area contributed by atoms with Crippen LogP contribution < -0.4 is 0 Å². The molecule has 1 atom stereocenters. The zero-order valence-corrected chi connectivity index (χ0v) is 7.99. The number of piperazine rings is 1. The molecule has 0 amide bonds. The zero-order valence-electron chi connectivity index (χ0n) is 7.99. The fourth-order valence-corrected chi connectivity index (χ4v) is 1.59. The van der Waals surface area contributed by atoms with Gasteiger partial charge in [0, 0.05) is 26.2 Å². The summed E-state index contributed by atoms with van der Waals surface area (Å²) in [6.07, 6.45) is 2.01. The number of rotatable bonds is 3. The molecule has 0 aromatic heterocycles. The first-order valence-corrected chi connectivity index (χ1v) is 4.65. The predicted octanol–water partition coefficient (Wildman–Crippen LogP) is 0.211. The summed E-state index contributed by atoms with van der Waals surface area (Å²) >= 11 is 0. The maximum absolute atomic E-state index is 10.7. The Balaban J connectivity index is 2.37. The number of carbonyl (C=O) groups is 1. The number of hydrogen-bond donors (Lipinski definition) is 0. The van der Waals surface area contributed by atoms with E-state index >= 15 is 0 Å². The Kier molecular flexibility index (Phi) is 3.69. The Morgan fingerprint density at radius 2 is 1.92 bits per heavy atom. The van der Waals surface area contributed by atoms with E-state index < -0.39 is 0 Å². The summed E-state index contributed by atoms with van der Waals surface area (Å²) in [6.45, 7) is 6.31. The molecule has 70 valence electrons. The zero-order chi connectivity index (χ0) is 8.97. The summed E-state index contributed by atoms with van der Waals surface area (Å²) in [5.41, 5.74) is 0. The quantitative estimate of drug-likeness (QED) is 0.566. The van der Waals surface area contributed by atoms with Crippen LogP contribution in [0.15, 0.2) is 0 Å². The van der Waals surface area contributed by atoms with Crippen molar-refractivity contribution in [2.24, 2.45) is 0 Å². The van der Waals surface area contributed by atoms with Gasteiger partial charge in [-0.1, -0.05) is 6.92 Å². The Bertz CT molecular complexity index is 141. The molecule has 1 fully saturated rings. The van der Waals surface area contributed by atoms with Gasteiger partial charge in [-0.25, -0.2) is 0 Å². The van der Waals surface area contributed by atoms with Gasteiger partial charge in [-0.2, -0.15) is 0 Å². The highest BCUT2D eigenvalue weighted by atomic mass is 16.1. The second-order valence-electron chi connectivity index (χ2n) is 3.45. The fourth-order valence-electron chi connectivity index (χ4n) is 1.59. The van der Waals surface area contributed by atoms with Crippen LogP contribution in [-0.4, -0.2) is 55.4 Å². The molecule has 3 nitrogen and oxygen atoms in total. The van der Waals surface area contributed by atoms with Gasteiger partial charge >= 0.3 is 0 Å². The molecule has 1 saturated heterocycles. The van der Waals surface area contributed by atoms with Gasteiger partial charge in [0.1, 0.15) is 6.29 Å². The van der Waals surface area contributed by atoms with Crippen molar-refractivity contribution in [2.75, 3.05) is 33.2 Å². The molecule has 0 saturated carbocycles. The summed E-state index contributed by atoms with van der Waals surface area (Å²) in [6, 6.07) is 0.152. The van der Waals surface area contributed by atoms with E-state index in [1.807, 2.05) is 0 Å². The van der Waals surface area contributed by atoms with Crippen LogP contribution in [0.25, 0.3) is 0 Å². The number of nitrogens with zero attached hydrogens (tertiary/aromatic N) is 2. The van der Waals surface area contributed by atoms with Crippen molar-refractivity contribution in [1.82, 2.24) is 9.80 Å². The third kappa shape index (κ3) is 2.29. The highest BCUT2D eigenvalue weighted by Crippen LogP contribution is 2.05. The Morgan fingerprint density at radius 1 is 1.33 bits per heavy atom. The third-order valence-electron chi connectivity index (χ3n) is 2.58. The van der Waals surface area contributed by atoms with Gasteiger partial charge in [0.05, 0.1) is 6.04 Å². The lowest BCUT2D eigenvalue weighted by Gasteiger charge is -2.35. The lowest BCUT2D eigenvalue weighted by molar-refractivity contribution is -0.113. The maximum Gasteiger partial charge on any atom is 0.137 e. The van der Waals surface area contributed by atoms with E-state index in [1.54, 1.807) is 0 Å². The smallest absolute Gasteiger partial charge is 0.137 e. The van der Waals surface area contributed by atoms with E-state index in [0.717, 1.165) is 38.9 Å². The molecule has 1 rings (SSSR count). The van der Waals surface area contributed by atoms with E-state index in [2.05, 4.69) is 23.8 Å². The molecule has 1 heterocycles. The van der Waals surface area contributed by atoms with Crippen molar-refractivity contribution in [1.29, 1.82) is 0 Å². The molecule has 1 aliphatic rings. The molecule has 1 aliphatic heterocycles.